The van der Waals surface area contributed by atoms with Crippen LogP contribution in [-0.2, 0) is 5.75 Å². The molecule has 2 aromatic rings. The molecule has 90 valence electrons. The number of anilines is 1. The van der Waals surface area contributed by atoms with Crippen molar-refractivity contribution in [2.45, 2.75) is 12.7 Å². The van der Waals surface area contributed by atoms with Gasteiger partial charge in [-0.3, -0.25) is 0 Å². The molecule has 0 atom stereocenters. The van der Waals surface area contributed by atoms with E-state index in [4.69, 9.17) is 0 Å². The molecule has 0 aliphatic carbocycles. The molecule has 0 saturated heterocycles. The second-order valence-corrected chi connectivity index (χ2v) is 5.53. The van der Waals surface area contributed by atoms with E-state index in [1.807, 2.05) is 21.0 Å². The molecule has 0 saturated carbocycles. The number of hydrogen-bond donors (Lipinski definition) is 1. The maximum absolute atomic E-state index is 4.58. The molecular weight excluding hydrogens is 248 g/mol. The summed E-state index contributed by atoms with van der Waals surface area (Å²) in [5, 5.41) is 1.08. The summed E-state index contributed by atoms with van der Waals surface area (Å²) in [5.41, 5.74) is 3.48. The molecule has 1 heterocycles. The number of thiazole rings is 1. The molecule has 0 fully saturated rings. The highest BCUT2D eigenvalue weighted by Gasteiger charge is 2.08. The van der Waals surface area contributed by atoms with Gasteiger partial charge in [-0.05, 0) is 31.2 Å². The lowest BCUT2D eigenvalue weighted by Gasteiger charge is -2.11. The van der Waals surface area contributed by atoms with Gasteiger partial charge in [-0.15, -0.1) is 11.3 Å². The fourth-order valence-corrected chi connectivity index (χ4v) is 2.95. The van der Waals surface area contributed by atoms with Crippen LogP contribution in [0.4, 0.5) is 5.69 Å². The van der Waals surface area contributed by atoms with Crippen molar-refractivity contribution in [2.24, 2.45) is 0 Å². The predicted octanol–water partition coefficient (Wildman–Crippen LogP) is 3.61. The zero-order valence-electron chi connectivity index (χ0n) is 10.3. The average molecular weight is 264 g/mol. The van der Waals surface area contributed by atoms with Crippen molar-refractivity contribution in [3.05, 3.63) is 34.8 Å². The molecule has 0 aliphatic heterocycles. The zero-order valence-corrected chi connectivity index (χ0v) is 12.0. The number of thiol groups is 1. The number of rotatable bonds is 3. The number of nitrogens with zero attached hydrogens (tertiary/aromatic N) is 2. The molecule has 1 aromatic heterocycles. The lowest BCUT2D eigenvalue weighted by molar-refractivity contribution is 1.13. The largest absolute Gasteiger partial charge is 0.378 e. The summed E-state index contributed by atoms with van der Waals surface area (Å²) < 4.78 is 0. The second kappa shape index (κ2) is 5.10. The summed E-state index contributed by atoms with van der Waals surface area (Å²) in [6.45, 7) is 2.04. The van der Waals surface area contributed by atoms with Crippen LogP contribution >= 0.6 is 24.0 Å². The Morgan fingerprint density at radius 3 is 2.35 bits per heavy atom. The first kappa shape index (κ1) is 12.5. The van der Waals surface area contributed by atoms with Crippen molar-refractivity contribution in [1.29, 1.82) is 0 Å². The minimum absolute atomic E-state index is 0.763. The normalized spacial score (nSPS) is 10.6. The molecule has 1 aromatic carbocycles. The Morgan fingerprint density at radius 2 is 1.88 bits per heavy atom. The Bertz CT molecular complexity index is 501. The van der Waals surface area contributed by atoms with Gasteiger partial charge in [0.15, 0.2) is 0 Å². The van der Waals surface area contributed by atoms with E-state index in [1.54, 1.807) is 11.3 Å². The van der Waals surface area contributed by atoms with Gasteiger partial charge in [0.25, 0.3) is 0 Å². The molecule has 0 N–H and O–H groups in total. The van der Waals surface area contributed by atoms with Gasteiger partial charge in [0.05, 0.1) is 5.69 Å². The quantitative estimate of drug-likeness (QED) is 0.852. The monoisotopic (exact) mass is 264 g/mol. The highest BCUT2D eigenvalue weighted by Crippen LogP contribution is 2.29. The smallest absolute Gasteiger partial charge is 0.123 e. The van der Waals surface area contributed by atoms with E-state index in [1.165, 1.54) is 16.1 Å². The van der Waals surface area contributed by atoms with Gasteiger partial charge in [-0.1, -0.05) is 0 Å². The molecule has 0 radical (unpaired) electrons. The first-order valence-electron chi connectivity index (χ1n) is 5.46. The molecule has 2 nitrogen and oxygen atoms in total. The van der Waals surface area contributed by atoms with Crippen LogP contribution in [0.15, 0.2) is 24.3 Å². The molecular formula is C13H16N2S2. The van der Waals surface area contributed by atoms with E-state index in [0.29, 0.717) is 0 Å². The standard InChI is InChI=1S/C13H16N2S2/c1-9-12(8-16)17-13(14-9)10-4-6-11(7-5-10)15(2)3/h4-7,16H,8H2,1-3H3. The van der Waals surface area contributed by atoms with Crippen LogP contribution in [-0.4, -0.2) is 19.1 Å². The van der Waals surface area contributed by atoms with Gasteiger partial charge in [-0.2, -0.15) is 12.6 Å². The maximum atomic E-state index is 4.58. The van der Waals surface area contributed by atoms with E-state index < -0.39 is 0 Å². The van der Waals surface area contributed by atoms with Gasteiger partial charge >= 0.3 is 0 Å². The van der Waals surface area contributed by atoms with Crippen LogP contribution in [0.5, 0.6) is 0 Å². The molecule has 0 amide bonds. The second-order valence-electron chi connectivity index (χ2n) is 4.13. The van der Waals surface area contributed by atoms with Gasteiger partial charge in [0.2, 0.25) is 0 Å². The molecule has 17 heavy (non-hydrogen) atoms. The summed E-state index contributed by atoms with van der Waals surface area (Å²) >= 11 is 6.04. The highest BCUT2D eigenvalue weighted by molar-refractivity contribution is 7.79. The molecule has 0 spiro atoms. The summed E-state index contributed by atoms with van der Waals surface area (Å²) in [6, 6.07) is 8.48. The van der Waals surface area contributed by atoms with Crippen molar-refractivity contribution >= 4 is 29.7 Å². The summed E-state index contributed by atoms with van der Waals surface area (Å²) in [6.07, 6.45) is 0. The summed E-state index contributed by atoms with van der Waals surface area (Å²) in [7, 11) is 4.09. The first-order chi connectivity index (χ1) is 8.11. The van der Waals surface area contributed by atoms with Crippen LogP contribution in [0.3, 0.4) is 0 Å². The van der Waals surface area contributed by atoms with Gasteiger partial charge < -0.3 is 4.90 Å². The van der Waals surface area contributed by atoms with Gasteiger partial charge in [-0.25, -0.2) is 4.98 Å². The van der Waals surface area contributed by atoms with Crippen molar-refractivity contribution in [3.63, 3.8) is 0 Å². The Morgan fingerprint density at radius 1 is 1.24 bits per heavy atom. The van der Waals surface area contributed by atoms with Crippen LogP contribution in [0, 0.1) is 6.92 Å². The van der Waals surface area contributed by atoms with Crippen LogP contribution in [0.25, 0.3) is 10.6 Å². The van der Waals surface area contributed by atoms with E-state index in [-0.39, 0.29) is 0 Å². The maximum Gasteiger partial charge on any atom is 0.123 e. The molecule has 4 heteroatoms. The fourth-order valence-electron chi connectivity index (χ4n) is 1.60. The Kier molecular flexibility index (Phi) is 3.74. The molecule has 2 rings (SSSR count). The third-order valence-corrected chi connectivity index (χ3v) is 4.40. The van der Waals surface area contributed by atoms with Crippen molar-refractivity contribution in [3.8, 4) is 10.6 Å². The van der Waals surface area contributed by atoms with E-state index in [2.05, 4.69) is 46.8 Å². The number of aromatic nitrogens is 1. The van der Waals surface area contributed by atoms with Crippen molar-refractivity contribution in [2.75, 3.05) is 19.0 Å². The first-order valence-corrected chi connectivity index (χ1v) is 6.91. The van der Waals surface area contributed by atoms with Gasteiger partial charge in [0, 0.05) is 36.0 Å². The topological polar surface area (TPSA) is 16.1 Å². The minimum atomic E-state index is 0.763. The fraction of sp³-hybridized carbons (Fsp3) is 0.308. The Hall–Kier alpha value is -1.00. The van der Waals surface area contributed by atoms with Crippen molar-refractivity contribution < 1.29 is 0 Å². The Balaban J connectivity index is 2.33. The highest BCUT2D eigenvalue weighted by atomic mass is 32.1. The SMILES string of the molecule is Cc1nc(-c2ccc(N(C)C)cc2)sc1CS. The Labute approximate surface area is 112 Å². The van der Waals surface area contributed by atoms with E-state index in [0.717, 1.165) is 16.5 Å². The van der Waals surface area contributed by atoms with Gasteiger partial charge in [0.1, 0.15) is 5.01 Å². The summed E-state index contributed by atoms with van der Waals surface area (Å²) in [5.74, 6) is 0.763. The molecule has 0 bridgehead atoms. The predicted molar refractivity (Wildman–Crippen MR) is 79.3 cm³/mol. The third-order valence-electron chi connectivity index (χ3n) is 2.67. The lowest BCUT2D eigenvalue weighted by atomic mass is 10.2. The van der Waals surface area contributed by atoms with Crippen LogP contribution < -0.4 is 4.90 Å². The number of benzene rings is 1. The minimum Gasteiger partial charge on any atom is -0.378 e. The van der Waals surface area contributed by atoms with Crippen LogP contribution in [0.1, 0.15) is 10.6 Å². The van der Waals surface area contributed by atoms with Crippen molar-refractivity contribution in [1.82, 2.24) is 4.98 Å². The average Bonchev–Trinajstić information content (AvgIpc) is 2.70. The van der Waals surface area contributed by atoms with E-state index in [9.17, 15) is 0 Å². The third kappa shape index (κ3) is 2.64. The summed E-state index contributed by atoms with van der Waals surface area (Å²) in [4.78, 5) is 7.93. The number of aryl methyl sites for hydroxylation is 1. The van der Waals surface area contributed by atoms with Crippen LogP contribution in [0.2, 0.25) is 0 Å². The molecule has 0 unspecified atom stereocenters. The number of hydrogen-bond acceptors (Lipinski definition) is 4. The van der Waals surface area contributed by atoms with E-state index >= 15 is 0 Å². The lowest BCUT2D eigenvalue weighted by Crippen LogP contribution is -2.07. The zero-order chi connectivity index (χ0) is 12.4. The molecule has 0 aliphatic rings.